The van der Waals surface area contributed by atoms with Gasteiger partial charge < -0.3 is 0 Å². The average Bonchev–Trinajstić information content (AvgIpc) is 2.90. The fraction of sp³-hybridized carbons (Fsp3) is 0.0667. The Hall–Kier alpha value is -2.34. The van der Waals surface area contributed by atoms with Crippen LogP contribution in [-0.4, -0.2) is 10.7 Å². The summed E-state index contributed by atoms with van der Waals surface area (Å²) in [5.74, 6) is -1.76. The number of hydrogen-bond donors (Lipinski definition) is 1. The zero-order chi connectivity index (χ0) is 14.8. The Morgan fingerprint density at radius 3 is 2.71 bits per heavy atom. The van der Waals surface area contributed by atoms with Crippen molar-refractivity contribution in [2.24, 2.45) is 5.10 Å². The number of nitrogens with one attached hydrogen (secondary N) is 1. The van der Waals surface area contributed by atoms with E-state index in [1.54, 1.807) is 6.92 Å². The van der Waals surface area contributed by atoms with Gasteiger partial charge in [-0.3, -0.25) is 5.43 Å². The summed E-state index contributed by atoms with van der Waals surface area (Å²) in [6.07, 6.45) is 0. The zero-order valence-electron chi connectivity index (χ0n) is 11.1. The van der Waals surface area contributed by atoms with Crippen LogP contribution < -0.4 is 5.43 Å². The molecule has 1 heterocycles. The lowest BCUT2D eigenvalue weighted by Crippen LogP contribution is -2.00. The predicted molar refractivity (Wildman–Crippen MR) is 81.8 cm³/mol. The smallest absolute Gasteiger partial charge is 0.204 e. The molecule has 0 aliphatic rings. The third-order valence-electron chi connectivity index (χ3n) is 2.95. The summed E-state index contributed by atoms with van der Waals surface area (Å²) >= 11 is 1.48. The number of benzene rings is 2. The van der Waals surface area contributed by atoms with Gasteiger partial charge in [-0.05, 0) is 37.3 Å². The number of aromatic nitrogens is 1. The van der Waals surface area contributed by atoms with Gasteiger partial charge in [0.2, 0.25) is 5.13 Å². The normalized spacial score (nSPS) is 11.9. The molecule has 3 nitrogen and oxygen atoms in total. The van der Waals surface area contributed by atoms with E-state index in [-0.39, 0.29) is 0 Å². The predicted octanol–water partition coefficient (Wildman–Crippen LogP) is 4.41. The van der Waals surface area contributed by atoms with E-state index in [2.05, 4.69) is 15.5 Å². The second kappa shape index (κ2) is 5.57. The van der Waals surface area contributed by atoms with E-state index in [0.717, 1.165) is 22.3 Å². The molecule has 106 valence electrons. The van der Waals surface area contributed by atoms with Crippen molar-refractivity contribution in [3.63, 3.8) is 0 Å². The Balaban J connectivity index is 1.82. The van der Waals surface area contributed by atoms with E-state index >= 15 is 0 Å². The molecule has 3 rings (SSSR count). The van der Waals surface area contributed by atoms with Gasteiger partial charge in [0.1, 0.15) is 0 Å². The van der Waals surface area contributed by atoms with Crippen molar-refractivity contribution in [2.75, 3.05) is 5.43 Å². The van der Waals surface area contributed by atoms with Gasteiger partial charge in [-0.2, -0.15) is 5.10 Å². The highest BCUT2D eigenvalue weighted by molar-refractivity contribution is 7.22. The van der Waals surface area contributed by atoms with Gasteiger partial charge in [0.05, 0.1) is 15.9 Å². The molecular weight excluding hydrogens is 292 g/mol. The van der Waals surface area contributed by atoms with Gasteiger partial charge in [-0.15, -0.1) is 0 Å². The van der Waals surface area contributed by atoms with Crippen LogP contribution in [0.5, 0.6) is 0 Å². The number of hydrazone groups is 1. The van der Waals surface area contributed by atoms with Crippen molar-refractivity contribution in [3.8, 4) is 0 Å². The number of para-hydroxylation sites is 1. The molecule has 0 fully saturated rings. The SMILES string of the molecule is C/C(=N/Nc1nc2ccccc2s1)c1ccc(F)c(F)c1. The largest absolute Gasteiger partial charge is 0.252 e. The first-order valence-electron chi connectivity index (χ1n) is 6.25. The Kier molecular flexibility index (Phi) is 3.62. The molecule has 3 aromatic rings. The Morgan fingerprint density at radius 2 is 1.95 bits per heavy atom. The average molecular weight is 303 g/mol. The van der Waals surface area contributed by atoms with Crippen LogP contribution >= 0.6 is 11.3 Å². The van der Waals surface area contributed by atoms with E-state index in [1.807, 2.05) is 24.3 Å². The molecule has 0 bridgehead atoms. The van der Waals surface area contributed by atoms with Crippen molar-refractivity contribution in [1.82, 2.24) is 4.98 Å². The highest BCUT2D eigenvalue weighted by atomic mass is 32.1. The Morgan fingerprint density at radius 1 is 1.14 bits per heavy atom. The van der Waals surface area contributed by atoms with Crippen LogP contribution in [0.15, 0.2) is 47.6 Å². The van der Waals surface area contributed by atoms with Crippen LogP contribution in [0.2, 0.25) is 0 Å². The van der Waals surface area contributed by atoms with Crippen LogP contribution in [0.25, 0.3) is 10.2 Å². The molecule has 0 aliphatic heterocycles. The monoisotopic (exact) mass is 303 g/mol. The van der Waals surface area contributed by atoms with E-state index in [1.165, 1.54) is 17.4 Å². The fourth-order valence-corrected chi connectivity index (χ4v) is 2.65. The van der Waals surface area contributed by atoms with Gasteiger partial charge >= 0.3 is 0 Å². The summed E-state index contributed by atoms with van der Waals surface area (Å²) < 4.78 is 27.1. The molecule has 6 heteroatoms. The molecule has 0 amide bonds. The molecule has 0 saturated heterocycles. The first-order valence-corrected chi connectivity index (χ1v) is 7.06. The van der Waals surface area contributed by atoms with Crippen molar-refractivity contribution >= 4 is 32.4 Å². The first-order chi connectivity index (χ1) is 10.1. The molecule has 0 saturated carbocycles. The molecule has 2 aromatic carbocycles. The molecule has 21 heavy (non-hydrogen) atoms. The number of anilines is 1. The maximum Gasteiger partial charge on any atom is 0.204 e. The van der Waals surface area contributed by atoms with Crippen LogP contribution in [0.1, 0.15) is 12.5 Å². The van der Waals surface area contributed by atoms with Crippen LogP contribution in [0, 0.1) is 11.6 Å². The van der Waals surface area contributed by atoms with Gasteiger partial charge in [0, 0.05) is 5.56 Å². The minimum absolute atomic E-state index is 0.516. The topological polar surface area (TPSA) is 37.3 Å². The number of thiazole rings is 1. The maximum atomic E-state index is 13.2. The quantitative estimate of drug-likeness (QED) is 0.575. The van der Waals surface area contributed by atoms with E-state index in [0.29, 0.717) is 16.4 Å². The third kappa shape index (κ3) is 2.90. The van der Waals surface area contributed by atoms with Crippen LogP contribution in [0.4, 0.5) is 13.9 Å². The minimum atomic E-state index is -0.887. The zero-order valence-corrected chi connectivity index (χ0v) is 11.9. The van der Waals surface area contributed by atoms with Gasteiger partial charge in [-0.1, -0.05) is 23.5 Å². The third-order valence-corrected chi connectivity index (χ3v) is 3.89. The molecular formula is C15H11F2N3S. The molecule has 1 N–H and O–H groups in total. The van der Waals surface area contributed by atoms with Crippen molar-refractivity contribution in [2.45, 2.75) is 6.92 Å². The molecule has 0 radical (unpaired) electrons. The van der Waals surface area contributed by atoms with Crippen molar-refractivity contribution < 1.29 is 8.78 Å². The van der Waals surface area contributed by atoms with Crippen LogP contribution in [-0.2, 0) is 0 Å². The second-order valence-electron chi connectivity index (χ2n) is 4.42. The molecule has 1 aromatic heterocycles. The summed E-state index contributed by atoms with van der Waals surface area (Å²) in [4.78, 5) is 4.38. The Labute approximate surface area is 124 Å². The first kappa shape index (κ1) is 13.6. The summed E-state index contributed by atoms with van der Waals surface area (Å²) in [6, 6.07) is 11.4. The minimum Gasteiger partial charge on any atom is -0.252 e. The van der Waals surface area contributed by atoms with Crippen LogP contribution in [0.3, 0.4) is 0 Å². The van der Waals surface area contributed by atoms with E-state index in [4.69, 9.17) is 0 Å². The highest BCUT2D eigenvalue weighted by Crippen LogP contribution is 2.25. The number of hydrogen-bond acceptors (Lipinski definition) is 4. The van der Waals surface area contributed by atoms with Crippen molar-refractivity contribution in [3.05, 3.63) is 59.7 Å². The number of nitrogens with zero attached hydrogens (tertiary/aromatic N) is 2. The molecule has 0 unspecified atom stereocenters. The Bertz CT molecular complexity index is 794. The van der Waals surface area contributed by atoms with Gasteiger partial charge in [-0.25, -0.2) is 13.8 Å². The lowest BCUT2D eigenvalue weighted by Gasteiger charge is -2.02. The highest BCUT2D eigenvalue weighted by Gasteiger charge is 2.06. The fourth-order valence-electron chi connectivity index (χ4n) is 1.84. The molecule has 0 atom stereocenters. The van der Waals surface area contributed by atoms with Gasteiger partial charge in [0.25, 0.3) is 0 Å². The summed E-state index contributed by atoms with van der Waals surface area (Å²) in [6.45, 7) is 1.72. The van der Waals surface area contributed by atoms with E-state index in [9.17, 15) is 8.78 Å². The second-order valence-corrected chi connectivity index (χ2v) is 5.46. The molecule has 0 aliphatic carbocycles. The number of fused-ring (bicyclic) bond motifs is 1. The standard InChI is InChI=1S/C15H11F2N3S/c1-9(10-6-7-11(16)12(17)8-10)19-20-15-18-13-4-2-3-5-14(13)21-15/h2-8H,1H3,(H,18,20)/b19-9-. The number of rotatable bonds is 3. The lowest BCUT2D eigenvalue weighted by molar-refractivity contribution is 0.508. The number of halogens is 2. The summed E-state index contributed by atoms with van der Waals surface area (Å²) in [5, 5.41) is 4.81. The van der Waals surface area contributed by atoms with Gasteiger partial charge in [0.15, 0.2) is 11.6 Å². The van der Waals surface area contributed by atoms with E-state index < -0.39 is 11.6 Å². The summed E-state index contributed by atoms with van der Waals surface area (Å²) in [5.41, 5.74) is 4.81. The summed E-state index contributed by atoms with van der Waals surface area (Å²) in [7, 11) is 0. The van der Waals surface area contributed by atoms with Crippen molar-refractivity contribution in [1.29, 1.82) is 0 Å². The lowest BCUT2D eigenvalue weighted by atomic mass is 10.1. The maximum absolute atomic E-state index is 13.2. The molecule has 0 spiro atoms.